The van der Waals surface area contributed by atoms with Crippen molar-refractivity contribution in [2.24, 2.45) is 0 Å². The molecule has 0 heterocycles. The van der Waals surface area contributed by atoms with Crippen molar-refractivity contribution < 1.29 is 4.79 Å². The molecule has 0 unspecified atom stereocenters. The topological polar surface area (TPSA) is 55.1 Å². The standard InChI is InChI=1S/C14H13BrN2O/c1-9-2-4-10(5-3-9)14(18)17-11-6-7-12(15)13(16)8-11/h2-8H,16H2,1H3,(H,17,18). The molecule has 3 nitrogen and oxygen atoms in total. The van der Waals surface area contributed by atoms with Gasteiger partial charge >= 0.3 is 0 Å². The Labute approximate surface area is 114 Å². The first-order valence-electron chi connectivity index (χ1n) is 5.49. The summed E-state index contributed by atoms with van der Waals surface area (Å²) in [6.45, 7) is 1.98. The second-order valence-electron chi connectivity index (χ2n) is 4.06. The highest BCUT2D eigenvalue weighted by Gasteiger charge is 2.06. The number of anilines is 2. The number of benzene rings is 2. The van der Waals surface area contributed by atoms with Crippen LogP contribution in [0.1, 0.15) is 15.9 Å². The maximum atomic E-state index is 12.0. The minimum atomic E-state index is -0.142. The van der Waals surface area contributed by atoms with Crippen LogP contribution in [-0.4, -0.2) is 5.91 Å². The molecular formula is C14H13BrN2O. The first-order valence-corrected chi connectivity index (χ1v) is 6.28. The Bertz CT molecular complexity index is 579. The first-order chi connectivity index (χ1) is 8.56. The number of hydrogen-bond donors (Lipinski definition) is 2. The molecule has 2 aromatic carbocycles. The van der Waals surface area contributed by atoms with Crippen LogP contribution in [0.3, 0.4) is 0 Å². The Hall–Kier alpha value is -1.81. The van der Waals surface area contributed by atoms with E-state index in [0.717, 1.165) is 10.0 Å². The fourth-order valence-electron chi connectivity index (χ4n) is 1.53. The van der Waals surface area contributed by atoms with Crippen molar-refractivity contribution in [3.8, 4) is 0 Å². The van der Waals surface area contributed by atoms with Crippen LogP contribution < -0.4 is 11.1 Å². The zero-order valence-electron chi connectivity index (χ0n) is 9.91. The molecule has 0 radical (unpaired) electrons. The Morgan fingerprint density at radius 2 is 1.83 bits per heavy atom. The SMILES string of the molecule is Cc1ccc(C(=O)Nc2ccc(Br)c(N)c2)cc1. The number of carbonyl (C=O) groups excluding carboxylic acids is 1. The van der Waals surface area contributed by atoms with Gasteiger partial charge in [-0.1, -0.05) is 17.7 Å². The molecule has 2 aromatic rings. The third-order valence-corrected chi connectivity index (χ3v) is 3.29. The summed E-state index contributed by atoms with van der Waals surface area (Å²) in [6, 6.07) is 12.7. The highest BCUT2D eigenvalue weighted by molar-refractivity contribution is 9.10. The molecule has 0 saturated heterocycles. The van der Waals surface area contributed by atoms with Crippen LogP contribution in [-0.2, 0) is 0 Å². The van der Waals surface area contributed by atoms with Crippen molar-refractivity contribution in [2.75, 3.05) is 11.1 Å². The van der Waals surface area contributed by atoms with Gasteiger partial charge in [-0.2, -0.15) is 0 Å². The van der Waals surface area contributed by atoms with E-state index < -0.39 is 0 Å². The number of rotatable bonds is 2. The molecule has 0 aliphatic rings. The van der Waals surface area contributed by atoms with Crippen molar-refractivity contribution >= 4 is 33.2 Å². The highest BCUT2D eigenvalue weighted by Crippen LogP contribution is 2.23. The lowest BCUT2D eigenvalue weighted by atomic mass is 10.1. The van der Waals surface area contributed by atoms with Crippen LogP contribution in [0.25, 0.3) is 0 Å². The number of halogens is 1. The molecule has 0 fully saturated rings. The summed E-state index contributed by atoms with van der Waals surface area (Å²) in [5.74, 6) is -0.142. The van der Waals surface area contributed by atoms with E-state index in [2.05, 4.69) is 21.2 Å². The monoisotopic (exact) mass is 304 g/mol. The summed E-state index contributed by atoms with van der Waals surface area (Å²) in [5, 5.41) is 2.81. The number of hydrogen-bond acceptors (Lipinski definition) is 2. The lowest BCUT2D eigenvalue weighted by Crippen LogP contribution is -2.11. The molecule has 0 atom stereocenters. The van der Waals surface area contributed by atoms with Gasteiger partial charge in [-0.15, -0.1) is 0 Å². The number of aryl methyl sites for hydroxylation is 1. The third kappa shape index (κ3) is 2.90. The van der Waals surface area contributed by atoms with Gasteiger partial charge in [0.15, 0.2) is 0 Å². The molecule has 4 heteroatoms. The second kappa shape index (κ2) is 5.23. The van der Waals surface area contributed by atoms with E-state index >= 15 is 0 Å². The van der Waals surface area contributed by atoms with Gasteiger partial charge in [0, 0.05) is 21.4 Å². The van der Waals surface area contributed by atoms with E-state index in [9.17, 15) is 4.79 Å². The molecule has 0 spiro atoms. The average Bonchev–Trinajstić information content (AvgIpc) is 2.34. The van der Waals surface area contributed by atoms with Gasteiger partial charge in [0.1, 0.15) is 0 Å². The molecule has 18 heavy (non-hydrogen) atoms. The number of nitrogens with one attached hydrogen (secondary N) is 1. The lowest BCUT2D eigenvalue weighted by Gasteiger charge is -2.07. The molecular weight excluding hydrogens is 292 g/mol. The summed E-state index contributed by atoms with van der Waals surface area (Å²) in [5.41, 5.74) is 8.78. The lowest BCUT2D eigenvalue weighted by molar-refractivity contribution is 0.102. The van der Waals surface area contributed by atoms with E-state index in [1.165, 1.54) is 0 Å². The van der Waals surface area contributed by atoms with Crippen molar-refractivity contribution in [1.29, 1.82) is 0 Å². The fourth-order valence-corrected chi connectivity index (χ4v) is 1.78. The maximum Gasteiger partial charge on any atom is 0.255 e. The largest absolute Gasteiger partial charge is 0.398 e. The zero-order chi connectivity index (χ0) is 13.1. The van der Waals surface area contributed by atoms with Crippen LogP contribution in [0.2, 0.25) is 0 Å². The number of nitrogen functional groups attached to an aromatic ring is 1. The molecule has 92 valence electrons. The van der Waals surface area contributed by atoms with Gasteiger partial charge in [0.05, 0.1) is 0 Å². The first kappa shape index (κ1) is 12.6. The van der Waals surface area contributed by atoms with Gasteiger partial charge in [-0.3, -0.25) is 4.79 Å². The van der Waals surface area contributed by atoms with Crippen molar-refractivity contribution in [1.82, 2.24) is 0 Å². The van der Waals surface area contributed by atoms with Gasteiger partial charge in [0.25, 0.3) is 5.91 Å². The van der Waals surface area contributed by atoms with Gasteiger partial charge in [-0.25, -0.2) is 0 Å². The van der Waals surface area contributed by atoms with Crippen LogP contribution in [0.15, 0.2) is 46.9 Å². The van der Waals surface area contributed by atoms with Crippen LogP contribution in [0, 0.1) is 6.92 Å². The van der Waals surface area contributed by atoms with Crippen LogP contribution in [0.4, 0.5) is 11.4 Å². The van der Waals surface area contributed by atoms with Crippen molar-refractivity contribution in [3.05, 3.63) is 58.1 Å². The Morgan fingerprint density at radius 1 is 1.17 bits per heavy atom. The Morgan fingerprint density at radius 3 is 2.44 bits per heavy atom. The number of carbonyl (C=O) groups is 1. The average molecular weight is 305 g/mol. The molecule has 0 bridgehead atoms. The van der Waals surface area contributed by atoms with E-state index in [-0.39, 0.29) is 5.91 Å². The van der Waals surface area contributed by atoms with Gasteiger partial charge in [0.2, 0.25) is 0 Å². The maximum absolute atomic E-state index is 12.0. The minimum Gasteiger partial charge on any atom is -0.398 e. The minimum absolute atomic E-state index is 0.142. The Kier molecular flexibility index (Phi) is 3.67. The molecule has 3 N–H and O–H groups in total. The van der Waals surface area contributed by atoms with Gasteiger partial charge < -0.3 is 11.1 Å². The van der Waals surface area contributed by atoms with Gasteiger partial charge in [-0.05, 0) is 53.2 Å². The quantitative estimate of drug-likeness (QED) is 0.833. The molecule has 0 aromatic heterocycles. The third-order valence-electron chi connectivity index (χ3n) is 2.57. The van der Waals surface area contributed by atoms with Crippen LogP contribution in [0.5, 0.6) is 0 Å². The highest BCUT2D eigenvalue weighted by atomic mass is 79.9. The molecule has 1 amide bonds. The summed E-state index contributed by atoms with van der Waals surface area (Å²) in [7, 11) is 0. The van der Waals surface area contributed by atoms with E-state index in [4.69, 9.17) is 5.73 Å². The van der Waals surface area contributed by atoms with Crippen molar-refractivity contribution in [3.63, 3.8) is 0 Å². The molecule has 0 saturated carbocycles. The van der Waals surface area contributed by atoms with E-state index in [1.807, 2.05) is 19.1 Å². The number of amides is 1. The fraction of sp³-hybridized carbons (Fsp3) is 0.0714. The second-order valence-corrected chi connectivity index (χ2v) is 4.91. The summed E-state index contributed by atoms with van der Waals surface area (Å²) in [4.78, 5) is 12.0. The summed E-state index contributed by atoms with van der Waals surface area (Å²) < 4.78 is 0.816. The van der Waals surface area contributed by atoms with Crippen molar-refractivity contribution in [2.45, 2.75) is 6.92 Å². The molecule has 0 aliphatic carbocycles. The summed E-state index contributed by atoms with van der Waals surface area (Å²) >= 11 is 3.31. The molecule has 0 aliphatic heterocycles. The predicted octanol–water partition coefficient (Wildman–Crippen LogP) is 3.59. The predicted molar refractivity (Wildman–Crippen MR) is 77.7 cm³/mol. The number of nitrogens with two attached hydrogens (primary N) is 1. The van der Waals surface area contributed by atoms with Crippen LogP contribution >= 0.6 is 15.9 Å². The Balaban J connectivity index is 2.16. The normalized spacial score (nSPS) is 10.1. The van der Waals surface area contributed by atoms with E-state index in [1.54, 1.807) is 30.3 Å². The summed E-state index contributed by atoms with van der Waals surface area (Å²) in [6.07, 6.45) is 0. The van der Waals surface area contributed by atoms with E-state index in [0.29, 0.717) is 16.9 Å². The zero-order valence-corrected chi connectivity index (χ0v) is 11.5. The molecule has 2 rings (SSSR count). The smallest absolute Gasteiger partial charge is 0.255 e.